The molecule has 1 heterocycles. The topological polar surface area (TPSA) is 185 Å². The number of carbonyl (C=O) groups excluding carboxylic acids is 1. The van der Waals surface area contributed by atoms with E-state index in [0.29, 0.717) is 23.3 Å². The van der Waals surface area contributed by atoms with Crippen LogP contribution in [0, 0.1) is 0 Å². The summed E-state index contributed by atoms with van der Waals surface area (Å²) >= 11 is 0. The van der Waals surface area contributed by atoms with Crippen LogP contribution >= 0.6 is 0 Å². The summed E-state index contributed by atoms with van der Waals surface area (Å²) in [7, 11) is -2.23. The number of alkyl halides is 3. The largest absolute Gasteiger partial charge is 0.496 e. The minimum atomic E-state index is -5.08. The Morgan fingerprint density at radius 3 is 2.27 bits per heavy atom. The Morgan fingerprint density at radius 2 is 1.77 bits per heavy atom. The second-order valence-corrected chi connectivity index (χ2v) is 12.4. The summed E-state index contributed by atoms with van der Waals surface area (Å²) in [6.45, 7) is 4.07. The molecule has 0 aliphatic carbocycles. The fourth-order valence-corrected chi connectivity index (χ4v) is 6.98. The van der Waals surface area contributed by atoms with Crippen LogP contribution < -0.4 is 21.1 Å². The smallest absolute Gasteiger partial charge is 0.490 e. The van der Waals surface area contributed by atoms with Gasteiger partial charge in [0.05, 0.1) is 30.2 Å². The highest BCUT2D eigenvalue weighted by atomic mass is 32.2. The minimum absolute atomic E-state index is 0.0324. The maximum absolute atomic E-state index is 13.9. The maximum Gasteiger partial charge on any atom is 0.490 e. The molecule has 2 aromatic rings. The van der Waals surface area contributed by atoms with Crippen molar-refractivity contribution in [3.05, 3.63) is 59.2 Å². The molecule has 44 heavy (non-hydrogen) atoms. The summed E-state index contributed by atoms with van der Waals surface area (Å²) in [5.74, 6) is -4.20. The van der Waals surface area contributed by atoms with Crippen molar-refractivity contribution < 1.29 is 50.9 Å². The molecule has 0 aromatic heterocycles. The Balaban J connectivity index is 0.000000860. The van der Waals surface area contributed by atoms with E-state index in [1.165, 1.54) is 7.11 Å². The average molecular weight is 646 g/mol. The first kappa shape index (κ1) is 36.5. The van der Waals surface area contributed by atoms with Gasteiger partial charge >= 0.3 is 18.1 Å². The van der Waals surface area contributed by atoms with E-state index in [1.807, 2.05) is 37.3 Å². The van der Waals surface area contributed by atoms with Gasteiger partial charge in [-0.2, -0.15) is 13.2 Å². The van der Waals surface area contributed by atoms with E-state index in [1.54, 1.807) is 12.1 Å². The summed E-state index contributed by atoms with van der Waals surface area (Å²) in [4.78, 5) is 32.3. The van der Waals surface area contributed by atoms with Gasteiger partial charge in [0, 0.05) is 17.6 Å². The number of ether oxygens (including phenoxy) is 1. The molecule has 1 aliphatic heterocycles. The molecule has 0 radical (unpaired) electrons. The number of amides is 1. The summed E-state index contributed by atoms with van der Waals surface area (Å²) in [6, 6.07) is 11.3. The SMILES string of the molecule is CCCC[C@]1(CC)CS(=O)(=O)c2cc(CNC(=O)CC(N)C(=O)O)c(OC)cc2[C@@H](c2ccccc2)N1.O=C(O)C(F)(F)F. The Hall–Kier alpha value is -3.69. The molecule has 11 nitrogen and oxygen atoms in total. The Labute approximate surface area is 253 Å². The van der Waals surface area contributed by atoms with Crippen LogP contribution in [0.25, 0.3) is 0 Å². The Kier molecular flexibility index (Phi) is 12.7. The van der Waals surface area contributed by atoms with E-state index >= 15 is 0 Å². The van der Waals surface area contributed by atoms with Crippen molar-refractivity contribution in [3.63, 3.8) is 0 Å². The van der Waals surface area contributed by atoms with Gasteiger partial charge in [0.25, 0.3) is 0 Å². The number of carbonyl (C=O) groups is 3. The molecule has 1 unspecified atom stereocenters. The molecule has 15 heteroatoms. The number of nitrogens with one attached hydrogen (secondary N) is 2. The van der Waals surface area contributed by atoms with Crippen LogP contribution in [-0.4, -0.2) is 67.1 Å². The molecule has 2 aromatic carbocycles. The van der Waals surface area contributed by atoms with E-state index in [4.69, 9.17) is 25.5 Å². The standard InChI is InChI=1S/C27H37N3O6S.C2HF3O2/c1-4-6-12-27(5-2)17-37(34,35)23-13-19(16-29-24(31)15-21(28)26(32)33)22(36-3)14-20(23)25(30-27)18-10-8-7-9-11-18;3-2(4,5)1(6)7/h7-11,13-14,21,25,30H,4-6,12,15-17,28H2,1-3H3,(H,29,31)(H,32,33);(H,6,7)/t21?,25-,27-;/m1./s1. The molecule has 0 saturated carbocycles. The summed E-state index contributed by atoms with van der Waals surface area (Å²) in [6.07, 6.45) is -2.26. The highest BCUT2D eigenvalue weighted by Crippen LogP contribution is 2.40. The zero-order valence-electron chi connectivity index (χ0n) is 24.6. The number of unbranched alkanes of at least 4 members (excludes halogenated alkanes) is 1. The zero-order chi connectivity index (χ0) is 33.3. The molecule has 0 bridgehead atoms. The second kappa shape index (κ2) is 15.3. The molecular formula is C29H38F3N3O8S. The quantitative estimate of drug-likeness (QED) is 0.242. The lowest BCUT2D eigenvalue weighted by Crippen LogP contribution is -2.50. The lowest BCUT2D eigenvalue weighted by atomic mass is 9.88. The summed E-state index contributed by atoms with van der Waals surface area (Å²) < 4.78 is 65.1. The predicted molar refractivity (Wildman–Crippen MR) is 155 cm³/mol. The number of methoxy groups -OCH3 is 1. The van der Waals surface area contributed by atoms with Gasteiger partial charge < -0.3 is 26.0 Å². The number of halogens is 3. The van der Waals surface area contributed by atoms with E-state index in [0.717, 1.165) is 24.8 Å². The molecule has 3 atom stereocenters. The van der Waals surface area contributed by atoms with Crippen LogP contribution in [0.3, 0.4) is 0 Å². The van der Waals surface area contributed by atoms with Gasteiger partial charge in [-0.15, -0.1) is 0 Å². The number of carboxylic acid groups (broad SMARTS) is 2. The highest BCUT2D eigenvalue weighted by molar-refractivity contribution is 7.91. The number of rotatable bonds is 11. The predicted octanol–water partition coefficient (Wildman–Crippen LogP) is 3.55. The number of hydrogen-bond acceptors (Lipinski definition) is 8. The third-order valence-corrected chi connectivity index (χ3v) is 9.19. The zero-order valence-corrected chi connectivity index (χ0v) is 25.4. The van der Waals surface area contributed by atoms with Crippen LogP contribution in [0.4, 0.5) is 13.2 Å². The molecule has 6 N–H and O–H groups in total. The van der Waals surface area contributed by atoms with E-state index in [-0.39, 0.29) is 23.2 Å². The molecule has 244 valence electrons. The number of nitrogens with two attached hydrogens (primary N) is 1. The number of benzene rings is 2. The van der Waals surface area contributed by atoms with Crippen LogP contribution in [0.1, 0.15) is 68.7 Å². The van der Waals surface area contributed by atoms with Crippen LogP contribution in [-0.2, 0) is 30.8 Å². The van der Waals surface area contributed by atoms with E-state index in [2.05, 4.69) is 17.6 Å². The Morgan fingerprint density at radius 1 is 1.16 bits per heavy atom. The molecule has 1 amide bonds. The van der Waals surface area contributed by atoms with Crippen LogP contribution in [0.5, 0.6) is 5.75 Å². The molecule has 0 fully saturated rings. The number of hydrogen-bond donors (Lipinski definition) is 5. The third-order valence-electron chi connectivity index (χ3n) is 7.24. The van der Waals surface area contributed by atoms with Gasteiger partial charge in [0.1, 0.15) is 11.8 Å². The van der Waals surface area contributed by atoms with Crippen molar-refractivity contribution in [3.8, 4) is 5.75 Å². The van der Waals surface area contributed by atoms with Gasteiger partial charge in [-0.25, -0.2) is 13.2 Å². The molecule has 0 spiro atoms. The van der Waals surface area contributed by atoms with E-state index < -0.39 is 51.9 Å². The Bertz CT molecular complexity index is 1420. The number of fused-ring (bicyclic) bond motifs is 1. The third kappa shape index (κ3) is 9.66. The molecule has 0 saturated heterocycles. The number of aliphatic carboxylic acids is 2. The van der Waals surface area contributed by atoms with Crippen LogP contribution in [0.15, 0.2) is 47.4 Å². The van der Waals surface area contributed by atoms with Crippen molar-refractivity contribution in [2.24, 2.45) is 5.73 Å². The lowest BCUT2D eigenvalue weighted by Gasteiger charge is -2.36. The monoisotopic (exact) mass is 645 g/mol. The van der Waals surface area contributed by atoms with E-state index in [9.17, 15) is 31.2 Å². The highest BCUT2D eigenvalue weighted by Gasteiger charge is 2.42. The first-order valence-electron chi connectivity index (χ1n) is 13.8. The van der Waals surface area contributed by atoms with Crippen molar-refractivity contribution in [2.45, 2.75) is 81.2 Å². The normalized spacial score (nSPS) is 19.8. The van der Waals surface area contributed by atoms with Crippen molar-refractivity contribution in [1.82, 2.24) is 10.6 Å². The van der Waals surface area contributed by atoms with Crippen molar-refractivity contribution in [2.75, 3.05) is 12.9 Å². The average Bonchev–Trinajstić information content (AvgIpc) is 3.06. The first-order valence-corrected chi connectivity index (χ1v) is 15.5. The molecule has 3 rings (SSSR count). The summed E-state index contributed by atoms with van der Waals surface area (Å²) in [5, 5.41) is 22.4. The van der Waals surface area contributed by atoms with Gasteiger partial charge in [0.2, 0.25) is 5.91 Å². The maximum atomic E-state index is 13.9. The first-order chi connectivity index (χ1) is 20.5. The van der Waals surface area contributed by atoms with Crippen molar-refractivity contribution >= 4 is 27.7 Å². The lowest BCUT2D eigenvalue weighted by molar-refractivity contribution is -0.192. The van der Waals surface area contributed by atoms with Crippen LogP contribution in [0.2, 0.25) is 0 Å². The fraction of sp³-hybridized carbons (Fsp3) is 0.483. The number of sulfone groups is 1. The van der Waals surface area contributed by atoms with Gasteiger partial charge in [-0.05, 0) is 36.1 Å². The minimum Gasteiger partial charge on any atom is -0.496 e. The number of carboxylic acids is 2. The second-order valence-electron chi connectivity index (χ2n) is 10.4. The molecule has 1 aliphatic rings. The van der Waals surface area contributed by atoms with Gasteiger partial charge in [-0.3, -0.25) is 14.9 Å². The summed E-state index contributed by atoms with van der Waals surface area (Å²) in [5.41, 5.74) is 6.87. The van der Waals surface area contributed by atoms with Gasteiger partial charge in [0.15, 0.2) is 9.84 Å². The van der Waals surface area contributed by atoms with Crippen molar-refractivity contribution in [1.29, 1.82) is 0 Å². The molecular weight excluding hydrogens is 607 g/mol. The fourth-order valence-electron chi connectivity index (χ4n) is 4.81. The van der Waals surface area contributed by atoms with Gasteiger partial charge in [-0.1, -0.05) is 57.0 Å².